The van der Waals surface area contributed by atoms with E-state index in [1.807, 2.05) is 0 Å². The Hall–Kier alpha value is -0.220. The van der Waals surface area contributed by atoms with Gasteiger partial charge in [-0.25, -0.2) is 0 Å². The van der Waals surface area contributed by atoms with E-state index in [2.05, 4.69) is 0 Å². The first kappa shape index (κ1) is 7.88. The van der Waals surface area contributed by atoms with E-state index in [0.717, 1.165) is 0 Å². The van der Waals surface area contributed by atoms with Crippen molar-refractivity contribution in [3.8, 4) is 0 Å². The minimum Gasteiger partial charge on any atom is -0.354 e. The molecular weight excluding hydrogens is 152 g/mol. The molecule has 0 aromatic heterocycles. The van der Waals surface area contributed by atoms with Crippen LogP contribution in [0.15, 0.2) is 0 Å². The minimum absolute atomic E-state index is 0.150. The van der Waals surface area contributed by atoms with E-state index in [1.165, 1.54) is 6.92 Å². The highest BCUT2D eigenvalue weighted by Gasteiger charge is 2.41. The van der Waals surface area contributed by atoms with Crippen molar-refractivity contribution in [2.75, 3.05) is 12.4 Å². The summed E-state index contributed by atoms with van der Waals surface area (Å²) in [6.45, 7) is 3.42. The Morgan fingerprint density at radius 2 is 2.30 bits per heavy atom. The number of carbonyl (C=O) groups excluding carboxylic acids is 1. The van der Waals surface area contributed by atoms with Crippen molar-refractivity contribution in [3.05, 3.63) is 0 Å². The lowest BCUT2D eigenvalue weighted by molar-refractivity contribution is -0.128. The first-order chi connectivity index (χ1) is 4.57. The van der Waals surface area contributed by atoms with Crippen molar-refractivity contribution in [1.82, 2.24) is 0 Å². The van der Waals surface area contributed by atoms with E-state index < -0.39 is 15.7 Å². The monoisotopic (exact) mass is 162 g/mol. The summed E-state index contributed by atoms with van der Waals surface area (Å²) in [5.74, 6) is 0.333. The van der Waals surface area contributed by atoms with Gasteiger partial charge in [0, 0.05) is 0 Å². The van der Waals surface area contributed by atoms with Crippen LogP contribution in [0, 0.1) is 0 Å². The van der Waals surface area contributed by atoms with Gasteiger partial charge < -0.3 is 4.74 Å². The number of carbonyl (C=O) groups is 1. The fourth-order valence-corrected chi connectivity index (χ4v) is 1.99. The van der Waals surface area contributed by atoms with E-state index in [4.69, 9.17) is 4.74 Å². The predicted octanol–water partition coefficient (Wildman–Crippen LogP) is 0.0705. The second-order valence-corrected chi connectivity index (χ2v) is 4.28. The molecule has 0 spiro atoms. The maximum absolute atomic E-state index is 11.1. The van der Waals surface area contributed by atoms with E-state index in [0.29, 0.717) is 12.4 Å². The van der Waals surface area contributed by atoms with Gasteiger partial charge in [-0.2, -0.15) is 0 Å². The van der Waals surface area contributed by atoms with Crippen molar-refractivity contribution in [2.45, 2.75) is 18.8 Å². The average molecular weight is 162 g/mol. The van der Waals surface area contributed by atoms with Crippen molar-refractivity contribution >= 4 is 16.6 Å². The number of ketones is 1. The van der Waals surface area contributed by atoms with Crippen LogP contribution in [-0.4, -0.2) is 27.3 Å². The Balaban J connectivity index is 2.86. The van der Waals surface area contributed by atoms with E-state index >= 15 is 0 Å². The van der Waals surface area contributed by atoms with Gasteiger partial charge in [0.1, 0.15) is 0 Å². The summed E-state index contributed by atoms with van der Waals surface area (Å²) < 4.78 is 16.2. The van der Waals surface area contributed by atoms with Gasteiger partial charge in [-0.15, -0.1) is 0 Å². The number of hydrogen-bond donors (Lipinski definition) is 0. The molecule has 0 N–H and O–H groups in total. The molecule has 1 saturated heterocycles. The van der Waals surface area contributed by atoms with E-state index in [9.17, 15) is 9.00 Å². The summed E-state index contributed by atoms with van der Waals surface area (Å²) in [4.78, 5) is 9.85. The van der Waals surface area contributed by atoms with Crippen LogP contribution in [0.5, 0.6) is 0 Å². The highest BCUT2D eigenvalue weighted by atomic mass is 32.2. The normalized spacial score (nSPS) is 40.0. The number of Topliss-reactive ketones (excluding diaryl/α,β-unsaturated/α-hetero) is 1. The zero-order valence-corrected chi connectivity index (χ0v) is 6.86. The van der Waals surface area contributed by atoms with Crippen molar-refractivity contribution in [2.24, 2.45) is 0 Å². The predicted molar refractivity (Wildman–Crippen MR) is 38.0 cm³/mol. The molecule has 0 aromatic rings. The molecule has 1 aliphatic rings. The lowest BCUT2D eigenvalue weighted by Crippen LogP contribution is -2.36. The number of hydrogen-bond acceptors (Lipinski definition) is 3. The Morgan fingerprint density at radius 3 is 2.50 bits per heavy atom. The molecule has 0 amide bonds. The smallest absolute Gasteiger partial charge is 0.197 e. The van der Waals surface area contributed by atoms with Crippen molar-refractivity contribution < 1.29 is 13.7 Å². The van der Waals surface area contributed by atoms with Gasteiger partial charge in [-0.1, -0.05) is 0 Å². The molecule has 4 heteroatoms. The summed E-state index contributed by atoms with van der Waals surface area (Å²) in [5.41, 5.74) is 0. The van der Waals surface area contributed by atoms with Gasteiger partial charge in [0.25, 0.3) is 0 Å². The Bertz CT molecular complexity index is 189. The fraction of sp³-hybridized carbons (Fsp3) is 0.833. The largest absolute Gasteiger partial charge is 0.354 e. The SMILES string of the molecule is CC(=O)[C@@]1(C)OCCS1=O. The van der Waals surface area contributed by atoms with Gasteiger partial charge >= 0.3 is 0 Å². The third kappa shape index (κ3) is 1.01. The third-order valence-electron chi connectivity index (χ3n) is 1.72. The quantitative estimate of drug-likeness (QED) is 0.548. The zero-order chi connectivity index (χ0) is 7.78. The van der Waals surface area contributed by atoms with Crippen LogP contribution in [0.1, 0.15) is 13.8 Å². The summed E-state index contributed by atoms with van der Waals surface area (Å²) >= 11 is 0. The summed E-state index contributed by atoms with van der Waals surface area (Å²) in [5, 5.41) is 0. The van der Waals surface area contributed by atoms with Crippen LogP contribution in [0.3, 0.4) is 0 Å². The van der Waals surface area contributed by atoms with Gasteiger partial charge in [-0.05, 0) is 13.8 Å². The molecular formula is C6H10O3S. The second kappa shape index (κ2) is 2.43. The molecule has 0 saturated carbocycles. The lowest BCUT2D eigenvalue weighted by Gasteiger charge is -2.16. The van der Waals surface area contributed by atoms with Gasteiger partial charge in [0.05, 0.1) is 23.2 Å². The Morgan fingerprint density at radius 1 is 1.70 bits per heavy atom. The molecule has 10 heavy (non-hydrogen) atoms. The molecule has 0 aliphatic carbocycles. The molecule has 3 nitrogen and oxygen atoms in total. The Kier molecular flexibility index (Phi) is 1.92. The fourth-order valence-electron chi connectivity index (χ4n) is 0.835. The van der Waals surface area contributed by atoms with Crippen LogP contribution >= 0.6 is 0 Å². The topological polar surface area (TPSA) is 43.4 Å². The van der Waals surface area contributed by atoms with E-state index in [-0.39, 0.29) is 5.78 Å². The molecule has 1 fully saturated rings. The molecule has 0 aromatic carbocycles. The maximum atomic E-state index is 11.1. The second-order valence-electron chi connectivity index (χ2n) is 2.40. The molecule has 2 atom stereocenters. The van der Waals surface area contributed by atoms with Crippen LogP contribution in [0.25, 0.3) is 0 Å². The van der Waals surface area contributed by atoms with Crippen LogP contribution < -0.4 is 0 Å². The summed E-state index contributed by atoms with van der Waals surface area (Å²) in [6, 6.07) is 0. The average Bonchev–Trinajstić information content (AvgIpc) is 2.15. The number of rotatable bonds is 1. The lowest BCUT2D eigenvalue weighted by atomic mass is 10.3. The van der Waals surface area contributed by atoms with Crippen molar-refractivity contribution in [1.29, 1.82) is 0 Å². The summed E-state index contributed by atoms with van der Waals surface area (Å²) in [6.07, 6.45) is 0. The highest BCUT2D eigenvalue weighted by molar-refractivity contribution is 7.87. The molecule has 1 rings (SSSR count). The Labute approximate surface area is 62.2 Å². The molecule has 1 aliphatic heterocycles. The molecule has 1 unspecified atom stereocenters. The molecule has 1 heterocycles. The van der Waals surface area contributed by atoms with E-state index in [1.54, 1.807) is 6.92 Å². The van der Waals surface area contributed by atoms with Gasteiger partial charge in [0.2, 0.25) is 0 Å². The zero-order valence-electron chi connectivity index (χ0n) is 6.05. The summed E-state index contributed by atoms with van der Waals surface area (Å²) in [7, 11) is -1.13. The van der Waals surface area contributed by atoms with Gasteiger partial charge in [0.15, 0.2) is 10.7 Å². The molecule has 58 valence electrons. The number of ether oxygens (including phenoxy) is 1. The highest BCUT2D eigenvalue weighted by Crippen LogP contribution is 2.22. The molecule has 0 bridgehead atoms. The van der Waals surface area contributed by atoms with Crippen LogP contribution in [0.4, 0.5) is 0 Å². The maximum Gasteiger partial charge on any atom is 0.197 e. The first-order valence-corrected chi connectivity index (χ1v) is 4.43. The first-order valence-electron chi connectivity index (χ1n) is 3.11. The third-order valence-corrected chi connectivity index (χ3v) is 3.53. The van der Waals surface area contributed by atoms with Crippen LogP contribution in [0.2, 0.25) is 0 Å². The van der Waals surface area contributed by atoms with Crippen molar-refractivity contribution in [3.63, 3.8) is 0 Å². The van der Waals surface area contributed by atoms with Gasteiger partial charge in [-0.3, -0.25) is 9.00 Å². The standard InChI is InChI=1S/C6H10O3S/c1-5(7)6(2)9-3-4-10(6)8/h3-4H2,1-2H3/t6-,10?/m0/s1. The minimum atomic E-state index is -1.13. The van der Waals surface area contributed by atoms with Crippen LogP contribution in [-0.2, 0) is 20.3 Å². The molecule has 0 radical (unpaired) electrons.